The van der Waals surface area contributed by atoms with Crippen LogP contribution in [0.4, 0.5) is 0 Å². The summed E-state index contributed by atoms with van der Waals surface area (Å²) in [4.78, 5) is 24.5. The van der Waals surface area contributed by atoms with Crippen molar-refractivity contribution in [2.75, 3.05) is 6.54 Å². The van der Waals surface area contributed by atoms with E-state index in [1.54, 1.807) is 19.1 Å². The van der Waals surface area contributed by atoms with Crippen LogP contribution in [0.25, 0.3) is 0 Å². The highest BCUT2D eigenvalue weighted by Crippen LogP contribution is 2.23. The van der Waals surface area contributed by atoms with Gasteiger partial charge in [-0.3, -0.25) is 14.5 Å². The molecule has 96 valence electrons. The number of nitrogens with zero attached hydrogens (tertiary/aromatic N) is 1. The Morgan fingerprint density at radius 1 is 1.39 bits per heavy atom. The number of aliphatic hydroxyl groups is 1. The Morgan fingerprint density at radius 2 is 2.00 bits per heavy atom. The van der Waals surface area contributed by atoms with Gasteiger partial charge >= 0.3 is 0 Å². The molecule has 1 aromatic carbocycles. The van der Waals surface area contributed by atoms with Crippen LogP contribution < -0.4 is 0 Å². The predicted octanol–water partition coefficient (Wildman–Crippen LogP) is 1.88. The summed E-state index contributed by atoms with van der Waals surface area (Å²) in [5.74, 6) is -0.672. The first-order chi connectivity index (χ1) is 8.49. The summed E-state index contributed by atoms with van der Waals surface area (Å²) in [6.07, 6.45) is -0.595. The Labute approximate surface area is 114 Å². The van der Waals surface area contributed by atoms with Gasteiger partial charge in [-0.15, -0.1) is 0 Å². The lowest BCUT2D eigenvalue weighted by Crippen LogP contribution is -2.34. The minimum Gasteiger partial charge on any atom is -0.387 e. The zero-order valence-electron chi connectivity index (χ0n) is 9.97. The van der Waals surface area contributed by atoms with E-state index in [0.717, 1.165) is 9.37 Å². The number of hydrogen-bond acceptors (Lipinski definition) is 3. The van der Waals surface area contributed by atoms with Gasteiger partial charge in [-0.05, 0) is 17.7 Å². The molecule has 1 saturated heterocycles. The first-order valence-electron chi connectivity index (χ1n) is 5.76. The average Bonchev–Trinajstić information content (AvgIpc) is 2.57. The number of amides is 2. The molecule has 0 aliphatic carbocycles. The maximum atomic E-state index is 11.7. The molecule has 5 heteroatoms. The highest BCUT2D eigenvalue weighted by atomic mass is 79.9. The fraction of sp³-hybridized carbons (Fsp3) is 0.385. The van der Waals surface area contributed by atoms with Crippen molar-refractivity contribution in [1.29, 1.82) is 0 Å². The largest absolute Gasteiger partial charge is 0.387 e. The number of carbonyl (C=O) groups excluding carboxylic acids is 2. The van der Waals surface area contributed by atoms with Crippen LogP contribution in [0.5, 0.6) is 0 Å². The molecule has 0 unspecified atom stereocenters. The van der Waals surface area contributed by atoms with Crippen LogP contribution in [0.2, 0.25) is 0 Å². The van der Waals surface area contributed by atoms with Crippen molar-refractivity contribution in [1.82, 2.24) is 4.90 Å². The van der Waals surface area contributed by atoms with Gasteiger partial charge in [-0.2, -0.15) is 0 Å². The summed E-state index contributed by atoms with van der Waals surface area (Å²) in [5, 5.41) is 10.0. The molecule has 1 heterocycles. The minimum atomic E-state index is -0.837. The zero-order chi connectivity index (χ0) is 13.3. The van der Waals surface area contributed by atoms with E-state index in [-0.39, 0.29) is 30.7 Å². The number of aliphatic hydroxyl groups excluding tert-OH is 1. The highest BCUT2D eigenvalue weighted by Gasteiger charge is 2.36. The van der Waals surface area contributed by atoms with Crippen molar-refractivity contribution < 1.29 is 14.7 Å². The van der Waals surface area contributed by atoms with Gasteiger partial charge in [0.05, 0.1) is 12.6 Å². The smallest absolute Gasteiger partial charge is 0.232 e. The maximum Gasteiger partial charge on any atom is 0.232 e. The number of halogens is 1. The monoisotopic (exact) mass is 311 g/mol. The van der Waals surface area contributed by atoms with Crippen LogP contribution in [-0.4, -0.2) is 28.4 Å². The highest BCUT2D eigenvalue weighted by molar-refractivity contribution is 9.10. The number of carbonyl (C=O) groups is 2. The van der Waals surface area contributed by atoms with E-state index >= 15 is 0 Å². The lowest BCUT2D eigenvalue weighted by molar-refractivity contribution is -0.140. The fourth-order valence-electron chi connectivity index (χ4n) is 2.00. The second kappa shape index (κ2) is 5.20. The molecule has 0 bridgehead atoms. The molecule has 4 nitrogen and oxygen atoms in total. The number of imide groups is 1. The van der Waals surface area contributed by atoms with Crippen molar-refractivity contribution in [3.63, 3.8) is 0 Å². The van der Waals surface area contributed by atoms with Crippen LogP contribution in [0.15, 0.2) is 28.7 Å². The molecular weight excluding hydrogens is 298 g/mol. The van der Waals surface area contributed by atoms with E-state index in [1.165, 1.54) is 0 Å². The van der Waals surface area contributed by atoms with Crippen LogP contribution in [0.3, 0.4) is 0 Å². The average molecular weight is 312 g/mol. The number of rotatable bonds is 3. The van der Waals surface area contributed by atoms with Gasteiger partial charge in [0.1, 0.15) is 0 Å². The van der Waals surface area contributed by atoms with E-state index in [0.29, 0.717) is 5.56 Å². The maximum absolute atomic E-state index is 11.7. The second-order valence-corrected chi connectivity index (χ2v) is 5.43. The second-order valence-electron chi connectivity index (χ2n) is 4.52. The van der Waals surface area contributed by atoms with Crippen molar-refractivity contribution >= 4 is 27.7 Å². The molecule has 1 N–H and O–H groups in total. The van der Waals surface area contributed by atoms with E-state index in [4.69, 9.17) is 0 Å². The molecule has 1 aliphatic rings. The van der Waals surface area contributed by atoms with Crippen molar-refractivity contribution in [3.05, 3.63) is 34.3 Å². The molecule has 2 rings (SSSR count). The third kappa shape index (κ3) is 2.62. The summed E-state index contributed by atoms with van der Waals surface area (Å²) < 4.78 is 0.917. The zero-order valence-corrected chi connectivity index (χ0v) is 11.6. The third-order valence-electron chi connectivity index (χ3n) is 3.08. The van der Waals surface area contributed by atoms with Gasteiger partial charge in [-0.1, -0.05) is 35.0 Å². The summed E-state index contributed by atoms with van der Waals surface area (Å²) >= 11 is 3.31. The van der Waals surface area contributed by atoms with Gasteiger partial charge < -0.3 is 5.11 Å². The van der Waals surface area contributed by atoms with Crippen LogP contribution in [-0.2, 0) is 9.59 Å². The van der Waals surface area contributed by atoms with Crippen molar-refractivity contribution in [2.45, 2.75) is 19.4 Å². The van der Waals surface area contributed by atoms with E-state index in [2.05, 4.69) is 15.9 Å². The quantitative estimate of drug-likeness (QED) is 0.867. The lowest BCUT2D eigenvalue weighted by Gasteiger charge is -2.19. The Kier molecular flexibility index (Phi) is 3.82. The first kappa shape index (κ1) is 13.2. The number of benzene rings is 1. The lowest BCUT2D eigenvalue weighted by atomic mass is 10.1. The molecule has 0 aromatic heterocycles. The number of likely N-dealkylation sites (tertiary alicyclic amines) is 1. The Bertz CT molecular complexity index is 472. The minimum absolute atomic E-state index is 0.0314. The molecule has 1 aliphatic heterocycles. The summed E-state index contributed by atoms with van der Waals surface area (Å²) in [6.45, 7) is 1.76. The topological polar surface area (TPSA) is 57.6 Å². The molecule has 1 fully saturated rings. The Morgan fingerprint density at radius 3 is 2.50 bits per heavy atom. The number of hydrogen-bond donors (Lipinski definition) is 1. The Balaban J connectivity index is 2.07. The van der Waals surface area contributed by atoms with Crippen LogP contribution in [0.1, 0.15) is 25.0 Å². The molecule has 2 amide bonds. The van der Waals surface area contributed by atoms with Gasteiger partial charge in [0, 0.05) is 16.8 Å². The SMILES string of the molecule is C[C@H]1CC(=O)N(C[C@H](O)c2ccc(Br)cc2)C1=O. The predicted molar refractivity (Wildman–Crippen MR) is 69.6 cm³/mol. The van der Waals surface area contributed by atoms with Crippen molar-refractivity contribution in [3.8, 4) is 0 Å². The number of β-amino-alcohol motifs (C(OH)–C–C–N with tert-alkyl or cyclic N) is 1. The third-order valence-corrected chi connectivity index (χ3v) is 3.61. The molecule has 0 spiro atoms. The fourth-order valence-corrected chi connectivity index (χ4v) is 2.27. The standard InChI is InChI=1S/C13H14BrNO3/c1-8-6-12(17)15(13(8)18)7-11(16)9-2-4-10(14)5-3-9/h2-5,8,11,16H,6-7H2,1H3/t8-,11-/m0/s1. The van der Waals surface area contributed by atoms with Gasteiger partial charge in [0.25, 0.3) is 0 Å². The van der Waals surface area contributed by atoms with Crippen LogP contribution >= 0.6 is 15.9 Å². The molecular formula is C13H14BrNO3. The van der Waals surface area contributed by atoms with Gasteiger partial charge in [0.2, 0.25) is 11.8 Å². The summed E-state index contributed by atoms with van der Waals surface area (Å²) in [5.41, 5.74) is 0.693. The molecule has 1 aromatic rings. The Hall–Kier alpha value is -1.20. The molecule has 2 atom stereocenters. The van der Waals surface area contributed by atoms with Gasteiger partial charge in [0.15, 0.2) is 0 Å². The van der Waals surface area contributed by atoms with Gasteiger partial charge in [-0.25, -0.2) is 0 Å². The van der Waals surface area contributed by atoms with E-state index in [9.17, 15) is 14.7 Å². The normalized spacial score (nSPS) is 21.5. The molecule has 0 radical (unpaired) electrons. The first-order valence-corrected chi connectivity index (χ1v) is 6.56. The summed E-state index contributed by atoms with van der Waals surface area (Å²) in [6, 6.07) is 7.16. The molecule has 18 heavy (non-hydrogen) atoms. The molecule has 0 saturated carbocycles. The summed E-state index contributed by atoms with van der Waals surface area (Å²) in [7, 11) is 0. The van der Waals surface area contributed by atoms with E-state index < -0.39 is 6.10 Å². The van der Waals surface area contributed by atoms with E-state index in [1.807, 2.05) is 12.1 Å². The van der Waals surface area contributed by atoms with Crippen molar-refractivity contribution in [2.24, 2.45) is 5.92 Å². The van der Waals surface area contributed by atoms with Crippen LogP contribution in [0, 0.1) is 5.92 Å².